The molecule has 17 heavy (non-hydrogen) atoms. The molecule has 0 radical (unpaired) electrons. The molecular weight excluding hydrogens is 253 g/mol. The van der Waals surface area contributed by atoms with Gasteiger partial charge in [-0.05, 0) is 6.92 Å². The van der Waals surface area contributed by atoms with Crippen molar-refractivity contribution in [3.63, 3.8) is 0 Å². The van der Waals surface area contributed by atoms with Crippen molar-refractivity contribution in [2.75, 3.05) is 0 Å². The Morgan fingerprint density at radius 1 is 1.47 bits per heavy atom. The molecule has 0 bridgehead atoms. The molecule has 0 saturated carbocycles. The Labute approximate surface area is 96.5 Å². The van der Waals surface area contributed by atoms with E-state index in [-0.39, 0.29) is 27.3 Å². The van der Waals surface area contributed by atoms with E-state index >= 15 is 0 Å². The van der Waals surface area contributed by atoms with Crippen LogP contribution in [0.25, 0.3) is 0 Å². The van der Waals surface area contributed by atoms with Gasteiger partial charge in [0.2, 0.25) is 5.69 Å². The summed E-state index contributed by atoms with van der Waals surface area (Å²) in [5, 5.41) is 30.2. The third-order valence-electron chi connectivity index (χ3n) is 2.22. The van der Waals surface area contributed by atoms with Crippen molar-refractivity contribution >= 4 is 7.82 Å². The molecule has 8 nitrogen and oxygen atoms in total. The summed E-state index contributed by atoms with van der Waals surface area (Å²) in [6.07, 6.45) is -1.12. The third-order valence-corrected chi connectivity index (χ3v) is 2.70. The normalized spacial score (nSPS) is 13.7. The monoisotopic (exact) mass is 265 g/mol. The maximum atomic E-state index is 11.3. The fourth-order valence-electron chi connectivity index (χ4n) is 1.27. The van der Waals surface area contributed by atoms with E-state index in [1.54, 1.807) is 0 Å². The number of hydrogen-bond donors (Lipinski definition) is 4. The van der Waals surface area contributed by atoms with Crippen LogP contribution in [0.4, 0.5) is 0 Å². The molecule has 9 heteroatoms. The first-order chi connectivity index (χ1) is 7.63. The average Bonchev–Trinajstić information content (AvgIpc) is 2.17. The molecule has 0 spiro atoms. The Balaban J connectivity index is 3.19. The van der Waals surface area contributed by atoms with Gasteiger partial charge in [0.25, 0.3) is 0 Å². The molecule has 1 heterocycles. The number of nitrogens with zero attached hydrogens (tertiary/aromatic N) is 1. The minimum atomic E-state index is -4.89. The summed E-state index contributed by atoms with van der Waals surface area (Å²) in [4.78, 5) is 17.0. The summed E-state index contributed by atoms with van der Waals surface area (Å²) in [6.45, 7) is 2.74. The van der Waals surface area contributed by atoms with Gasteiger partial charge in [0, 0.05) is 12.5 Å². The van der Waals surface area contributed by atoms with Crippen molar-refractivity contribution in [2.24, 2.45) is 0 Å². The lowest BCUT2D eigenvalue weighted by molar-refractivity contribution is -0.613. The number of hydrogen-bond acceptors (Lipinski definition) is 5. The van der Waals surface area contributed by atoms with Crippen LogP contribution in [0.1, 0.15) is 23.1 Å². The minimum absolute atomic E-state index is 0.00892. The molecule has 0 aliphatic heterocycles. The van der Waals surface area contributed by atoms with Gasteiger partial charge < -0.3 is 25.2 Å². The van der Waals surface area contributed by atoms with Crippen molar-refractivity contribution in [2.45, 2.75) is 20.1 Å². The van der Waals surface area contributed by atoms with Gasteiger partial charge in [-0.2, -0.15) is 4.73 Å². The number of aromatic nitrogens is 1. The minimum Gasteiger partial charge on any atom is -0.618 e. The highest BCUT2D eigenvalue weighted by atomic mass is 31.2. The molecule has 1 atom stereocenters. The standard InChI is InChI=1S/C8H12NO7P/c1-4-6(8(11)16-17(13,14)15)3-9(12)5(2)7(4)10/h3,8,10-11H,1-2H3,(H2,13,14,15). The highest BCUT2D eigenvalue weighted by Gasteiger charge is 2.27. The average molecular weight is 265 g/mol. The van der Waals surface area contributed by atoms with E-state index in [0.717, 1.165) is 6.20 Å². The Bertz CT molecular complexity index is 483. The molecule has 4 N–H and O–H groups in total. The molecule has 1 aromatic rings. The molecule has 0 aromatic carbocycles. The van der Waals surface area contributed by atoms with E-state index in [2.05, 4.69) is 4.52 Å². The molecule has 96 valence electrons. The van der Waals surface area contributed by atoms with E-state index < -0.39 is 14.1 Å². The Morgan fingerprint density at radius 2 is 2.00 bits per heavy atom. The number of aliphatic hydroxyl groups is 1. The zero-order valence-electron chi connectivity index (χ0n) is 9.06. The van der Waals surface area contributed by atoms with Gasteiger partial charge in [0.15, 0.2) is 18.2 Å². The van der Waals surface area contributed by atoms with Crippen LogP contribution < -0.4 is 4.73 Å². The van der Waals surface area contributed by atoms with Crippen molar-refractivity contribution in [3.05, 3.63) is 28.2 Å². The van der Waals surface area contributed by atoms with Crippen LogP contribution >= 0.6 is 7.82 Å². The van der Waals surface area contributed by atoms with Crippen molar-refractivity contribution < 1.29 is 33.8 Å². The predicted octanol–water partition coefficient (Wildman–Crippen LogP) is -0.257. The van der Waals surface area contributed by atoms with Gasteiger partial charge in [-0.15, -0.1) is 0 Å². The lowest BCUT2D eigenvalue weighted by Gasteiger charge is -2.15. The smallest absolute Gasteiger partial charge is 0.472 e. The highest BCUT2D eigenvalue weighted by molar-refractivity contribution is 7.46. The van der Waals surface area contributed by atoms with Gasteiger partial charge >= 0.3 is 7.82 Å². The lowest BCUT2D eigenvalue weighted by Crippen LogP contribution is -2.31. The van der Waals surface area contributed by atoms with E-state index in [4.69, 9.17) is 9.79 Å². The molecule has 0 amide bonds. The van der Waals surface area contributed by atoms with Gasteiger partial charge in [-0.25, -0.2) is 4.57 Å². The van der Waals surface area contributed by atoms with Gasteiger partial charge in [-0.1, -0.05) is 0 Å². The zero-order chi connectivity index (χ0) is 13.4. The first kappa shape index (κ1) is 13.9. The fourth-order valence-corrected chi connectivity index (χ4v) is 1.64. The van der Waals surface area contributed by atoms with Gasteiger partial charge in [0.1, 0.15) is 0 Å². The van der Waals surface area contributed by atoms with Crippen LogP contribution in [0.3, 0.4) is 0 Å². The molecule has 0 aliphatic rings. The van der Waals surface area contributed by atoms with Gasteiger partial charge in [-0.3, -0.25) is 4.52 Å². The first-order valence-corrected chi connectivity index (χ1v) is 6.00. The van der Waals surface area contributed by atoms with Crippen LogP contribution in [-0.2, 0) is 9.09 Å². The Kier molecular flexibility index (Phi) is 3.75. The maximum absolute atomic E-state index is 11.3. The third kappa shape index (κ3) is 3.15. The first-order valence-electron chi connectivity index (χ1n) is 4.47. The number of aromatic hydroxyl groups is 1. The SMILES string of the molecule is Cc1c(C(O)OP(=O)(O)O)c[n+]([O-])c(C)c1O. The maximum Gasteiger partial charge on any atom is 0.472 e. The summed E-state index contributed by atoms with van der Waals surface area (Å²) in [7, 11) is -4.89. The van der Waals surface area contributed by atoms with Crippen LogP contribution in [-0.4, -0.2) is 20.0 Å². The van der Waals surface area contributed by atoms with E-state index in [0.29, 0.717) is 0 Å². The summed E-state index contributed by atoms with van der Waals surface area (Å²) < 4.78 is 14.8. The largest absolute Gasteiger partial charge is 0.618 e. The predicted molar refractivity (Wildman–Crippen MR) is 54.6 cm³/mol. The summed E-state index contributed by atoms with van der Waals surface area (Å²) in [5.74, 6) is -0.370. The Hall–Kier alpha value is -1.18. The molecule has 0 fully saturated rings. The van der Waals surface area contributed by atoms with Crippen LogP contribution in [0.15, 0.2) is 6.20 Å². The topological polar surface area (TPSA) is 134 Å². The second-order valence-corrected chi connectivity index (χ2v) is 4.61. The van der Waals surface area contributed by atoms with Crippen molar-refractivity contribution in [1.82, 2.24) is 0 Å². The zero-order valence-corrected chi connectivity index (χ0v) is 9.96. The van der Waals surface area contributed by atoms with Crippen LogP contribution in [0, 0.1) is 19.1 Å². The van der Waals surface area contributed by atoms with E-state index in [9.17, 15) is 20.0 Å². The number of phosphoric acid groups is 1. The summed E-state index contributed by atoms with van der Waals surface area (Å²) >= 11 is 0. The van der Waals surface area contributed by atoms with Crippen molar-refractivity contribution in [1.29, 1.82) is 0 Å². The highest BCUT2D eigenvalue weighted by Crippen LogP contribution is 2.42. The van der Waals surface area contributed by atoms with Crippen molar-refractivity contribution in [3.8, 4) is 5.75 Å². The number of rotatable bonds is 3. The molecule has 0 saturated heterocycles. The molecule has 1 unspecified atom stereocenters. The van der Waals surface area contributed by atoms with E-state index in [1.807, 2.05) is 0 Å². The van der Waals surface area contributed by atoms with Crippen LogP contribution in [0.2, 0.25) is 0 Å². The molecule has 0 aliphatic carbocycles. The summed E-state index contributed by atoms with van der Waals surface area (Å²) in [5.41, 5.74) is -0.100. The molecular formula is C8H12NO7P. The second-order valence-electron chi connectivity index (χ2n) is 3.42. The Morgan fingerprint density at radius 3 is 2.47 bits per heavy atom. The second kappa shape index (κ2) is 4.59. The number of pyridine rings is 1. The number of aliphatic hydroxyl groups excluding tert-OH is 1. The molecule has 1 aromatic heterocycles. The molecule has 1 rings (SSSR count). The quantitative estimate of drug-likeness (QED) is 0.256. The summed E-state index contributed by atoms with van der Waals surface area (Å²) in [6, 6.07) is 0. The lowest BCUT2D eigenvalue weighted by atomic mass is 10.1. The van der Waals surface area contributed by atoms with Gasteiger partial charge in [0.05, 0.1) is 5.56 Å². The van der Waals surface area contributed by atoms with E-state index in [1.165, 1.54) is 13.8 Å². The van der Waals surface area contributed by atoms with Crippen LogP contribution in [0.5, 0.6) is 5.75 Å². The number of phosphoric ester groups is 1. The fraction of sp³-hybridized carbons (Fsp3) is 0.375.